The second-order valence-corrected chi connectivity index (χ2v) is 6.43. The third kappa shape index (κ3) is 4.51. The fourth-order valence-corrected chi connectivity index (χ4v) is 2.90. The van der Waals surface area contributed by atoms with Gasteiger partial charge in [0.25, 0.3) is 5.91 Å². The van der Waals surface area contributed by atoms with Gasteiger partial charge < -0.3 is 10.4 Å². The molecule has 0 aliphatic carbocycles. The minimum absolute atomic E-state index is 0.0616. The fourth-order valence-electron chi connectivity index (χ4n) is 2.90. The lowest BCUT2D eigenvalue weighted by molar-refractivity contribution is -0.120. The van der Waals surface area contributed by atoms with Gasteiger partial charge in [-0.2, -0.15) is 5.10 Å². The number of hydrogen-bond acceptors (Lipinski definition) is 4. The van der Waals surface area contributed by atoms with Gasteiger partial charge in [-0.05, 0) is 30.9 Å². The highest BCUT2D eigenvalue weighted by atomic mass is 16.3. The third-order valence-corrected chi connectivity index (χ3v) is 4.51. The number of hydrazone groups is 1. The zero-order valence-electron chi connectivity index (χ0n) is 15.4. The quantitative estimate of drug-likeness (QED) is 0.463. The summed E-state index contributed by atoms with van der Waals surface area (Å²) in [7, 11) is 0. The molecule has 3 N–H and O–H groups in total. The van der Waals surface area contributed by atoms with Crippen LogP contribution in [0.3, 0.4) is 0 Å². The lowest BCUT2D eigenvalue weighted by atomic mass is 10.0. The van der Waals surface area contributed by atoms with Crippen LogP contribution in [0.25, 0.3) is 10.8 Å². The Balaban J connectivity index is 1.62. The monoisotopic (exact) mass is 361 g/mol. The summed E-state index contributed by atoms with van der Waals surface area (Å²) in [5.74, 6) is -0.0724. The molecule has 0 aliphatic rings. The first-order chi connectivity index (χ1) is 13.1. The number of hydrogen-bond donors (Lipinski definition) is 3. The van der Waals surface area contributed by atoms with Crippen LogP contribution in [0.1, 0.15) is 31.0 Å². The summed E-state index contributed by atoms with van der Waals surface area (Å²) in [5.41, 5.74) is 4.80. The molecule has 1 amide bonds. The predicted molar refractivity (Wildman–Crippen MR) is 109 cm³/mol. The molecule has 0 radical (unpaired) electrons. The molecule has 3 rings (SSSR count). The molecule has 0 bridgehead atoms. The molecule has 27 heavy (non-hydrogen) atoms. The summed E-state index contributed by atoms with van der Waals surface area (Å²) in [5, 5.41) is 19.5. The van der Waals surface area contributed by atoms with Crippen molar-refractivity contribution in [3.05, 3.63) is 77.9 Å². The van der Waals surface area contributed by atoms with Crippen molar-refractivity contribution < 1.29 is 9.90 Å². The molecule has 5 heteroatoms. The molecule has 0 unspecified atom stereocenters. The number of phenols is 1. The molecule has 3 aromatic rings. The first-order valence-electron chi connectivity index (χ1n) is 8.89. The zero-order valence-corrected chi connectivity index (χ0v) is 15.4. The van der Waals surface area contributed by atoms with E-state index >= 15 is 0 Å². The number of nitrogens with one attached hydrogen (secondary N) is 2. The summed E-state index contributed by atoms with van der Waals surface area (Å²) < 4.78 is 0. The van der Waals surface area contributed by atoms with Crippen LogP contribution in [-0.4, -0.2) is 23.3 Å². The molecule has 0 aliphatic heterocycles. The number of fused-ring (bicyclic) bond motifs is 1. The largest absolute Gasteiger partial charge is 0.507 e. The standard InChI is InChI=1S/C22H23N3O2/c1-15(17-8-4-3-5-9-17)23-14-21(26)25-24-16(2)19-13-12-18-10-6-7-11-20(18)22(19)27/h3-13,15,23,27H,14H2,1-2H3,(H,25,26)/b24-16+/t15-/m1/s1. The lowest BCUT2D eigenvalue weighted by Gasteiger charge is -2.13. The lowest BCUT2D eigenvalue weighted by Crippen LogP contribution is -2.33. The molecular formula is C22H23N3O2. The number of benzene rings is 3. The van der Waals surface area contributed by atoms with E-state index in [2.05, 4.69) is 15.8 Å². The Hall–Kier alpha value is -3.18. The van der Waals surface area contributed by atoms with Crippen LogP contribution in [0.15, 0.2) is 71.8 Å². The van der Waals surface area contributed by atoms with Crippen molar-refractivity contribution in [3.8, 4) is 5.75 Å². The molecule has 1 atom stereocenters. The Labute approximate surface area is 158 Å². The molecule has 0 fully saturated rings. The highest BCUT2D eigenvalue weighted by Gasteiger charge is 2.10. The number of carbonyl (C=O) groups is 1. The van der Waals surface area contributed by atoms with E-state index < -0.39 is 0 Å². The van der Waals surface area contributed by atoms with Crippen molar-refractivity contribution >= 4 is 22.4 Å². The number of phenolic OH excluding ortho intramolecular Hbond substituents is 1. The first-order valence-corrected chi connectivity index (χ1v) is 8.89. The number of nitrogens with zero attached hydrogens (tertiary/aromatic N) is 1. The van der Waals surface area contributed by atoms with Crippen molar-refractivity contribution in [2.45, 2.75) is 19.9 Å². The van der Waals surface area contributed by atoms with Crippen molar-refractivity contribution in [2.24, 2.45) is 5.10 Å². The van der Waals surface area contributed by atoms with Crippen molar-refractivity contribution in [1.82, 2.24) is 10.7 Å². The van der Waals surface area contributed by atoms with E-state index in [1.165, 1.54) is 0 Å². The van der Waals surface area contributed by atoms with Gasteiger partial charge >= 0.3 is 0 Å². The van der Waals surface area contributed by atoms with Crippen LogP contribution in [-0.2, 0) is 4.79 Å². The van der Waals surface area contributed by atoms with E-state index in [1.807, 2.05) is 67.6 Å². The van der Waals surface area contributed by atoms with E-state index in [0.29, 0.717) is 11.3 Å². The Bertz CT molecular complexity index is 968. The smallest absolute Gasteiger partial charge is 0.254 e. The van der Waals surface area contributed by atoms with Gasteiger partial charge in [-0.15, -0.1) is 0 Å². The fraction of sp³-hybridized carbons (Fsp3) is 0.182. The molecular weight excluding hydrogens is 338 g/mol. The Kier molecular flexibility index (Phi) is 5.84. The normalized spacial score (nSPS) is 12.7. The first kappa shape index (κ1) is 18.6. The number of carbonyl (C=O) groups excluding carboxylic acids is 1. The van der Waals surface area contributed by atoms with E-state index in [9.17, 15) is 9.90 Å². The summed E-state index contributed by atoms with van der Waals surface area (Å²) in [6.07, 6.45) is 0. The third-order valence-electron chi connectivity index (χ3n) is 4.51. The molecule has 0 spiro atoms. The van der Waals surface area contributed by atoms with E-state index in [4.69, 9.17) is 0 Å². The summed E-state index contributed by atoms with van der Waals surface area (Å²) in [6, 6.07) is 21.3. The van der Waals surface area contributed by atoms with Crippen LogP contribution >= 0.6 is 0 Å². The van der Waals surface area contributed by atoms with Gasteiger partial charge in [0.05, 0.1) is 12.3 Å². The molecule has 0 saturated carbocycles. The van der Waals surface area contributed by atoms with Gasteiger partial charge in [-0.3, -0.25) is 4.79 Å². The number of amides is 1. The molecule has 138 valence electrons. The van der Waals surface area contributed by atoms with Crippen LogP contribution in [0.4, 0.5) is 0 Å². The van der Waals surface area contributed by atoms with Crippen molar-refractivity contribution in [3.63, 3.8) is 0 Å². The summed E-state index contributed by atoms with van der Waals surface area (Å²) in [6.45, 7) is 3.91. The van der Waals surface area contributed by atoms with E-state index in [-0.39, 0.29) is 24.2 Å². The van der Waals surface area contributed by atoms with Crippen LogP contribution in [0.5, 0.6) is 5.75 Å². The molecule has 0 saturated heterocycles. The maximum Gasteiger partial charge on any atom is 0.254 e. The highest BCUT2D eigenvalue weighted by molar-refractivity contribution is 6.06. The van der Waals surface area contributed by atoms with Gasteiger partial charge in [0.2, 0.25) is 0 Å². The van der Waals surface area contributed by atoms with Crippen LogP contribution in [0.2, 0.25) is 0 Å². The summed E-state index contributed by atoms with van der Waals surface area (Å²) in [4.78, 5) is 12.1. The highest BCUT2D eigenvalue weighted by Crippen LogP contribution is 2.28. The predicted octanol–water partition coefficient (Wildman–Crippen LogP) is 3.74. The van der Waals surface area contributed by atoms with Gasteiger partial charge in [0, 0.05) is 17.0 Å². The zero-order chi connectivity index (χ0) is 19.2. The second kappa shape index (κ2) is 8.47. The summed E-state index contributed by atoms with van der Waals surface area (Å²) >= 11 is 0. The molecule has 0 heterocycles. The average molecular weight is 361 g/mol. The molecule has 0 aromatic heterocycles. The van der Waals surface area contributed by atoms with Gasteiger partial charge in [0.1, 0.15) is 5.75 Å². The maximum atomic E-state index is 12.1. The number of rotatable bonds is 6. The topological polar surface area (TPSA) is 73.7 Å². The van der Waals surface area contributed by atoms with Crippen LogP contribution < -0.4 is 10.7 Å². The molecule has 3 aromatic carbocycles. The Morgan fingerprint density at radius 2 is 1.74 bits per heavy atom. The number of aromatic hydroxyl groups is 1. The second-order valence-electron chi connectivity index (χ2n) is 6.43. The average Bonchev–Trinajstić information content (AvgIpc) is 2.71. The maximum absolute atomic E-state index is 12.1. The van der Waals surface area contributed by atoms with E-state index in [1.54, 1.807) is 13.0 Å². The van der Waals surface area contributed by atoms with Gasteiger partial charge in [-0.25, -0.2) is 5.43 Å². The van der Waals surface area contributed by atoms with Crippen molar-refractivity contribution in [1.29, 1.82) is 0 Å². The Morgan fingerprint density at radius 1 is 1.04 bits per heavy atom. The SMILES string of the molecule is C/C(=N\NC(=O)CN[C@H](C)c1ccccc1)c1ccc2ccccc2c1O. The van der Waals surface area contributed by atoms with Crippen LogP contribution in [0, 0.1) is 0 Å². The van der Waals surface area contributed by atoms with Crippen molar-refractivity contribution in [2.75, 3.05) is 6.54 Å². The van der Waals surface area contributed by atoms with Gasteiger partial charge in [-0.1, -0.05) is 60.7 Å². The van der Waals surface area contributed by atoms with E-state index in [0.717, 1.165) is 16.3 Å². The van der Waals surface area contributed by atoms with Gasteiger partial charge in [0.15, 0.2) is 0 Å². The minimum atomic E-state index is -0.239. The molecule has 5 nitrogen and oxygen atoms in total. The minimum Gasteiger partial charge on any atom is -0.507 e. The Morgan fingerprint density at radius 3 is 2.52 bits per heavy atom.